The number of aliphatic carboxylic acids is 1. The molecule has 0 aromatic carbocycles. The number of carbonyl (C=O) groups excluding carboxylic acids is 1. The van der Waals surface area contributed by atoms with Crippen molar-refractivity contribution in [3.05, 3.63) is 0 Å². The van der Waals surface area contributed by atoms with E-state index in [1.165, 1.54) is 0 Å². The lowest BCUT2D eigenvalue weighted by Gasteiger charge is -2.40. The summed E-state index contributed by atoms with van der Waals surface area (Å²) in [5.74, 6) is -0.811. The molecule has 1 atom stereocenters. The van der Waals surface area contributed by atoms with Crippen molar-refractivity contribution in [2.75, 3.05) is 19.7 Å². The standard InChI is InChI=1S/C15H28N2O4/c1-12(2)16(10-5-11-18)15(21)17-9-4-3-6-13(17)7-8-14(19)20/h12-13,18H,3-11H2,1-2H3,(H,19,20). The van der Waals surface area contributed by atoms with Crippen LogP contribution in [0.2, 0.25) is 0 Å². The fourth-order valence-corrected chi connectivity index (χ4v) is 2.82. The number of urea groups is 1. The van der Waals surface area contributed by atoms with Gasteiger partial charge in [0.25, 0.3) is 0 Å². The lowest BCUT2D eigenvalue weighted by Crippen LogP contribution is -2.52. The summed E-state index contributed by atoms with van der Waals surface area (Å²) in [6.07, 6.45) is 4.09. The number of nitrogens with zero attached hydrogens (tertiary/aromatic N) is 2. The van der Waals surface area contributed by atoms with Crippen LogP contribution < -0.4 is 0 Å². The SMILES string of the molecule is CC(C)N(CCCO)C(=O)N1CCCCC1CCC(=O)O. The predicted octanol–water partition coefficient (Wildman–Crippen LogP) is 1.92. The Bertz CT molecular complexity index is 347. The smallest absolute Gasteiger partial charge is 0.320 e. The van der Waals surface area contributed by atoms with E-state index in [-0.39, 0.29) is 31.1 Å². The van der Waals surface area contributed by atoms with Gasteiger partial charge in [-0.15, -0.1) is 0 Å². The molecule has 1 rings (SSSR count). The number of carboxylic acid groups (broad SMARTS) is 1. The minimum atomic E-state index is -0.811. The minimum Gasteiger partial charge on any atom is -0.481 e. The first-order valence-electron chi connectivity index (χ1n) is 7.87. The lowest BCUT2D eigenvalue weighted by atomic mass is 9.98. The van der Waals surface area contributed by atoms with Crippen LogP contribution in [0.1, 0.15) is 52.4 Å². The van der Waals surface area contributed by atoms with Gasteiger partial charge in [0.1, 0.15) is 0 Å². The number of likely N-dealkylation sites (tertiary alicyclic amines) is 1. The average molecular weight is 300 g/mol. The van der Waals surface area contributed by atoms with Crippen LogP contribution in [-0.2, 0) is 4.79 Å². The first-order valence-corrected chi connectivity index (χ1v) is 7.87. The first kappa shape index (κ1) is 17.8. The summed E-state index contributed by atoms with van der Waals surface area (Å²) in [5.41, 5.74) is 0. The van der Waals surface area contributed by atoms with E-state index in [9.17, 15) is 9.59 Å². The predicted molar refractivity (Wildman–Crippen MR) is 80.2 cm³/mol. The zero-order chi connectivity index (χ0) is 15.8. The Morgan fingerprint density at radius 2 is 2.05 bits per heavy atom. The van der Waals surface area contributed by atoms with Crippen LogP contribution in [0.15, 0.2) is 0 Å². The summed E-state index contributed by atoms with van der Waals surface area (Å²) >= 11 is 0. The second-order valence-corrected chi connectivity index (χ2v) is 5.92. The van der Waals surface area contributed by atoms with Gasteiger partial charge in [-0.05, 0) is 46.0 Å². The zero-order valence-corrected chi connectivity index (χ0v) is 13.1. The highest BCUT2D eigenvalue weighted by Gasteiger charge is 2.30. The van der Waals surface area contributed by atoms with E-state index in [1.54, 1.807) is 4.90 Å². The van der Waals surface area contributed by atoms with Crippen LogP contribution in [0, 0.1) is 0 Å². The van der Waals surface area contributed by atoms with Crippen LogP contribution in [0.5, 0.6) is 0 Å². The second kappa shape index (κ2) is 8.87. The Morgan fingerprint density at radius 1 is 1.33 bits per heavy atom. The molecular weight excluding hydrogens is 272 g/mol. The highest BCUT2D eigenvalue weighted by atomic mass is 16.4. The molecular formula is C15H28N2O4. The zero-order valence-electron chi connectivity index (χ0n) is 13.1. The number of carboxylic acids is 1. The van der Waals surface area contributed by atoms with Crippen molar-refractivity contribution in [1.29, 1.82) is 0 Å². The number of rotatable bonds is 7. The molecule has 2 amide bonds. The Balaban J connectivity index is 2.71. The minimum absolute atomic E-state index is 0.0199. The number of carbonyl (C=O) groups is 2. The normalized spacial score (nSPS) is 18.9. The molecule has 1 saturated heterocycles. The highest BCUT2D eigenvalue weighted by Crippen LogP contribution is 2.23. The van der Waals surface area contributed by atoms with Crippen LogP contribution in [0.4, 0.5) is 4.79 Å². The van der Waals surface area contributed by atoms with Crippen molar-refractivity contribution < 1.29 is 19.8 Å². The maximum atomic E-state index is 12.7. The third kappa shape index (κ3) is 5.53. The lowest BCUT2D eigenvalue weighted by molar-refractivity contribution is -0.137. The molecule has 21 heavy (non-hydrogen) atoms. The molecule has 0 spiro atoms. The van der Waals surface area contributed by atoms with Gasteiger partial charge in [0.15, 0.2) is 0 Å². The molecule has 1 heterocycles. The maximum absolute atomic E-state index is 12.7. The average Bonchev–Trinajstić information content (AvgIpc) is 2.45. The summed E-state index contributed by atoms with van der Waals surface area (Å²) in [7, 11) is 0. The molecule has 0 aromatic rings. The van der Waals surface area contributed by atoms with Crippen molar-refractivity contribution in [1.82, 2.24) is 9.80 Å². The van der Waals surface area contributed by atoms with Crippen LogP contribution in [0.25, 0.3) is 0 Å². The molecule has 0 aliphatic carbocycles. The molecule has 0 aromatic heterocycles. The molecule has 0 radical (unpaired) electrons. The molecule has 1 fully saturated rings. The summed E-state index contributed by atoms with van der Waals surface area (Å²) < 4.78 is 0. The van der Waals surface area contributed by atoms with Crippen LogP contribution in [-0.4, -0.2) is 63.8 Å². The number of aliphatic hydroxyl groups excluding tert-OH is 1. The Labute approximate surface area is 126 Å². The summed E-state index contributed by atoms with van der Waals surface area (Å²) in [6, 6.07) is 0.0809. The monoisotopic (exact) mass is 300 g/mol. The largest absolute Gasteiger partial charge is 0.481 e. The molecule has 1 unspecified atom stereocenters. The summed E-state index contributed by atoms with van der Waals surface area (Å²) in [4.78, 5) is 27.1. The highest BCUT2D eigenvalue weighted by molar-refractivity contribution is 5.75. The van der Waals surface area contributed by atoms with Crippen molar-refractivity contribution >= 4 is 12.0 Å². The van der Waals surface area contributed by atoms with Gasteiger partial charge in [-0.1, -0.05) is 0 Å². The number of piperidine rings is 1. The van der Waals surface area contributed by atoms with E-state index >= 15 is 0 Å². The first-order chi connectivity index (χ1) is 9.97. The molecule has 0 saturated carbocycles. The maximum Gasteiger partial charge on any atom is 0.320 e. The van der Waals surface area contributed by atoms with E-state index in [0.717, 1.165) is 19.3 Å². The van der Waals surface area contributed by atoms with Gasteiger partial charge >= 0.3 is 12.0 Å². The number of hydrogen-bond donors (Lipinski definition) is 2. The fraction of sp³-hybridized carbons (Fsp3) is 0.867. The van der Waals surface area contributed by atoms with Crippen LogP contribution in [0.3, 0.4) is 0 Å². The molecule has 2 N–H and O–H groups in total. The van der Waals surface area contributed by atoms with Crippen molar-refractivity contribution in [2.45, 2.75) is 64.5 Å². The Hall–Kier alpha value is -1.30. The van der Waals surface area contributed by atoms with E-state index < -0.39 is 5.97 Å². The van der Waals surface area contributed by atoms with Crippen molar-refractivity contribution in [3.63, 3.8) is 0 Å². The van der Waals surface area contributed by atoms with Gasteiger partial charge in [0, 0.05) is 38.2 Å². The van der Waals surface area contributed by atoms with Gasteiger partial charge in [0.2, 0.25) is 0 Å². The van der Waals surface area contributed by atoms with E-state index in [4.69, 9.17) is 10.2 Å². The quantitative estimate of drug-likeness (QED) is 0.752. The molecule has 1 aliphatic rings. The topological polar surface area (TPSA) is 81.1 Å². The summed E-state index contributed by atoms with van der Waals surface area (Å²) in [6.45, 7) is 5.23. The molecule has 0 bridgehead atoms. The summed E-state index contributed by atoms with van der Waals surface area (Å²) in [5, 5.41) is 17.8. The molecule has 6 heteroatoms. The third-order valence-electron chi connectivity index (χ3n) is 3.99. The van der Waals surface area contributed by atoms with E-state index in [0.29, 0.717) is 25.9 Å². The van der Waals surface area contributed by atoms with Crippen molar-refractivity contribution in [3.8, 4) is 0 Å². The third-order valence-corrected chi connectivity index (χ3v) is 3.99. The Morgan fingerprint density at radius 3 is 2.62 bits per heavy atom. The molecule has 1 aliphatic heterocycles. The fourth-order valence-electron chi connectivity index (χ4n) is 2.82. The molecule has 6 nitrogen and oxygen atoms in total. The van der Waals surface area contributed by atoms with Gasteiger partial charge in [-0.25, -0.2) is 4.79 Å². The van der Waals surface area contributed by atoms with E-state index in [1.807, 2.05) is 18.7 Å². The van der Waals surface area contributed by atoms with E-state index in [2.05, 4.69) is 0 Å². The number of aliphatic hydroxyl groups is 1. The van der Waals surface area contributed by atoms with Gasteiger partial charge in [-0.3, -0.25) is 4.79 Å². The van der Waals surface area contributed by atoms with Crippen LogP contribution >= 0.6 is 0 Å². The number of hydrogen-bond acceptors (Lipinski definition) is 3. The van der Waals surface area contributed by atoms with Gasteiger partial charge in [-0.2, -0.15) is 0 Å². The van der Waals surface area contributed by atoms with Gasteiger partial charge < -0.3 is 20.0 Å². The Kier molecular flexibility index (Phi) is 7.50. The van der Waals surface area contributed by atoms with Crippen molar-refractivity contribution in [2.24, 2.45) is 0 Å². The van der Waals surface area contributed by atoms with Gasteiger partial charge in [0.05, 0.1) is 0 Å². The molecule has 122 valence electrons. The number of amides is 2. The second-order valence-electron chi connectivity index (χ2n) is 5.92.